The lowest BCUT2D eigenvalue weighted by Crippen LogP contribution is -2.45. The highest BCUT2D eigenvalue weighted by molar-refractivity contribution is 8.00. The Labute approximate surface area is 129 Å². The third-order valence-electron chi connectivity index (χ3n) is 3.57. The van der Waals surface area contributed by atoms with Gasteiger partial charge in [0.2, 0.25) is 5.91 Å². The van der Waals surface area contributed by atoms with E-state index in [-0.39, 0.29) is 12.5 Å². The second kappa shape index (κ2) is 7.91. The van der Waals surface area contributed by atoms with Gasteiger partial charge in [0, 0.05) is 29.1 Å². The van der Waals surface area contributed by atoms with Gasteiger partial charge in [-0.1, -0.05) is 11.6 Å². The first kappa shape index (κ1) is 15.7. The van der Waals surface area contributed by atoms with E-state index >= 15 is 0 Å². The van der Waals surface area contributed by atoms with Crippen LogP contribution in [0.2, 0.25) is 5.02 Å². The number of aliphatic hydroxyl groups is 1. The highest BCUT2D eigenvalue weighted by atomic mass is 35.5. The van der Waals surface area contributed by atoms with Gasteiger partial charge in [0.25, 0.3) is 0 Å². The van der Waals surface area contributed by atoms with Crippen LogP contribution in [0.3, 0.4) is 0 Å². The lowest BCUT2D eigenvalue weighted by Gasteiger charge is -2.37. The maximum Gasteiger partial charge on any atom is 0.233 e. The van der Waals surface area contributed by atoms with Gasteiger partial charge in [-0.25, -0.2) is 0 Å². The van der Waals surface area contributed by atoms with Crippen molar-refractivity contribution in [3.05, 3.63) is 29.3 Å². The van der Waals surface area contributed by atoms with Gasteiger partial charge in [0.1, 0.15) is 0 Å². The molecule has 1 aliphatic rings. The zero-order chi connectivity index (χ0) is 14.4. The zero-order valence-electron chi connectivity index (χ0n) is 11.4. The third kappa shape index (κ3) is 4.40. The number of nitrogens with zero attached hydrogens (tertiary/aromatic N) is 1. The van der Waals surface area contributed by atoms with E-state index in [4.69, 9.17) is 16.7 Å². The zero-order valence-corrected chi connectivity index (χ0v) is 13.0. The van der Waals surface area contributed by atoms with Crippen LogP contribution in [-0.2, 0) is 4.79 Å². The molecule has 20 heavy (non-hydrogen) atoms. The summed E-state index contributed by atoms with van der Waals surface area (Å²) < 4.78 is 0. The first-order chi connectivity index (χ1) is 9.70. The lowest BCUT2D eigenvalue weighted by molar-refractivity contribution is -0.132. The lowest BCUT2D eigenvalue weighted by atomic mass is 9.91. The van der Waals surface area contributed by atoms with Crippen molar-refractivity contribution < 1.29 is 9.90 Å². The fourth-order valence-electron chi connectivity index (χ4n) is 2.21. The van der Waals surface area contributed by atoms with E-state index in [2.05, 4.69) is 0 Å². The summed E-state index contributed by atoms with van der Waals surface area (Å²) in [6, 6.07) is 7.93. The highest BCUT2D eigenvalue weighted by Crippen LogP contribution is 2.27. The normalized spacial score (nSPS) is 14.9. The summed E-state index contributed by atoms with van der Waals surface area (Å²) in [5, 5.41) is 9.66. The van der Waals surface area contributed by atoms with E-state index < -0.39 is 0 Å². The number of carbonyl (C=O) groups is 1. The average molecular weight is 314 g/mol. The van der Waals surface area contributed by atoms with Crippen LogP contribution in [0.1, 0.15) is 25.7 Å². The molecule has 0 unspecified atom stereocenters. The summed E-state index contributed by atoms with van der Waals surface area (Å²) in [5.74, 6) is 0.618. The quantitative estimate of drug-likeness (QED) is 0.786. The molecule has 0 bridgehead atoms. The first-order valence-corrected chi connectivity index (χ1v) is 8.36. The minimum Gasteiger partial charge on any atom is -0.396 e. The molecule has 1 aliphatic carbocycles. The van der Waals surface area contributed by atoms with Crippen LogP contribution in [-0.4, -0.2) is 40.9 Å². The van der Waals surface area contributed by atoms with Crippen LogP contribution in [0.4, 0.5) is 0 Å². The second-order valence-electron chi connectivity index (χ2n) is 4.99. The number of thioether (sulfide) groups is 1. The smallest absolute Gasteiger partial charge is 0.233 e. The fourth-order valence-corrected chi connectivity index (χ4v) is 3.12. The molecule has 0 atom stereocenters. The van der Waals surface area contributed by atoms with Gasteiger partial charge in [-0.05, 0) is 49.9 Å². The van der Waals surface area contributed by atoms with Crippen molar-refractivity contribution in [1.82, 2.24) is 4.90 Å². The first-order valence-electron chi connectivity index (χ1n) is 6.99. The molecule has 0 saturated heterocycles. The van der Waals surface area contributed by atoms with E-state index in [1.54, 1.807) is 0 Å². The molecular weight excluding hydrogens is 294 g/mol. The molecule has 1 aromatic carbocycles. The highest BCUT2D eigenvalue weighted by Gasteiger charge is 2.28. The maximum atomic E-state index is 12.3. The maximum absolute atomic E-state index is 12.3. The number of hydrogen-bond acceptors (Lipinski definition) is 3. The van der Waals surface area contributed by atoms with Crippen LogP contribution >= 0.6 is 23.4 Å². The van der Waals surface area contributed by atoms with Gasteiger partial charge in [0.15, 0.2) is 0 Å². The molecule has 0 heterocycles. The summed E-state index contributed by atoms with van der Waals surface area (Å²) in [5.41, 5.74) is 0. The Hall–Kier alpha value is -0.710. The van der Waals surface area contributed by atoms with E-state index in [1.807, 2.05) is 29.2 Å². The van der Waals surface area contributed by atoms with Crippen molar-refractivity contribution in [2.45, 2.75) is 36.6 Å². The average Bonchev–Trinajstić information content (AvgIpc) is 2.40. The number of amides is 1. The van der Waals surface area contributed by atoms with Crippen molar-refractivity contribution in [2.24, 2.45) is 0 Å². The molecular formula is C15H20ClNO2S. The van der Waals surface area contributed by atoms with Gasteiger partial charge in [-0.3, -0.25) is 4.79 Å². The topological polar surface area (TPSA) is 40.5 Å². The molecule has 1 saturated carbocycles. The Morgan fingerprint density at radius 3 is 2.60 bits per heavy atom. The van der Waals surface area contributed by atoms with Gasteiger partial charge in [-0.2, -0.15) is 0 Å². The number of hydrogen-bond donors (Lipinski definition) is 1. The van der Waals surface area contributed by atoms with E-state index in [0.29, 0.717) is 29.8 Å². The minimum atomic E-state index is 0.140. The molecule has 3 nitrogen and oxygen atoms in total. The van der Waals surface area contributed by atoms with E-state index in [0.717, 1.165) is 17.7 Å². The molecule has 1 N–H and O–H groups in total. The van der Waals surface area contributed by atoms with Crippen molar-refractivity contribution in [2.75, 3.05) is 18.9 Å². The summed E-state index contributed by atoms with van der Waals surface area (Å²) in [6.45, 7) is 0.808. The van der Waals surface area contributed by atoms with Crippen LogP contribution < -0.4 is 0 Å². The summed E-state index contributed by atoms with van der Waals surface area (Å²) in [6.07, 6.45) is 4.07. The number of aliphatic hydroxyl groups excluding tert-OH is 1. The molecule has 1 fully saturated rings. The number of carbonyl (C=O) groups excluding carboxylic acids is 1. The Morgan fingerprint density at radius 2 is 2.05 bits per heavy atom. The minimum absolute atomic E-state index is 0.140. The fraction of sp³-hybridized carbons (Fsp3) is 0.533. The standard InChI is InChI=1S/C15H20ClNO2S/c16-12-5-7-14(8-6-12)20-11-15(19)17(9-2-10-18)13-3-1-4-13/h5-8,13,18H,1-4,9-11H2. The largest absolute Gasteiger partial charge is 0.396 e. The number of halogens is 1. The van der Waals surface area contributed by atoms with Gasteiger partial charge < -0.3 is 10.0 Å². The third-order valence-corrected chi connectivity index (χ3v) is 4.82. The summed E-state index contributed by atoms with van der Waals surface area (Å²) in [7, 11) is 0. The van der Waals surface area contributed by atoms with Crippen LogP contribution in [0.5, 0.6) is 0 Å². The van der Waals surface area contributed by atoms with Crippen LogP contribution in [0.25, 0.3) is 0 Å². The number of benzene rings is 1. The van der Waals surface area contributed by atoms with E-state index in [9.17, 15) is 4.79 Å². The van der Waals surface area contributed by atoms with Crippen molar-refractivity contribution >= 4 is 29.3 Å². The Morgan fingerprint density at radius 1 is 1.35 bits per heavy atom. The molecule has 5 heteroatoms. The van der Waals surface area contributed by atoms with Crippen LogP contribution in [0, 0.1) is 0 Å². The van der Waals surface area contributed by atoms with Gasteiger partial charge in [-0.15, -0.1) is 11.8 Å². The summed E-state index contributed by atoms with van der Waals surface area (Å²) in [4.78, 5) is 15.3. The second-order valence-corrected chi connectivity index (χ2v) is 6.48. The van der Waals surface area contributed by atoms with Crippen molar-refractivity contribution in [1.29, 1.82) is 0 Å². The molecule has 2 rings (SSSR count). The van der Waals surface area contributed by atoms with Crippen LogP contribution in [0.15, 0.2) is 29.2 Å². The van der Waals surface area contributed by atoms with Gasteiger partial charge in [0.05, 0.1) is 5.75 Å². The molecule has 110 valence electrons. The Kier molecular flexibility index (Phi) is 6.20. The Bertz CT molecular complexity index is 434. The van der Waals surface area contributed by atoms with Crippen molar-refractivity contribution in [3.8, 4) is 0 Å². The summed E-state index contributed by atoms with van der Waals surface area (Å²) >= 11 is 7.38. The molecule has 0 spiro atoms. The van der Waals surface area contributed by atoms with Crippen molar-refractivity contribution in [3.63, 3.8) is 0 Å². The predicted octanol–water partition coefficient (Wildman–Crippen LogP) is 3.20. The number of rotatable bonds is 7. The molecule has 0 aromatic heterocycles. The molecule has 1 aromatic rings. The molecule has 0 aliphatic heterocycles. The van der Waals surface area contributed by atoms with Gasteiger partial charge >= 0.3 is 0 Å². The molecule has 0 radical (unpaired) electrons. The Balaban J connectivity index is 1.85. The molecule has 1 amide bonds. The monoisotopic (exact) mass is 313 g/mol. The van der Waals surface area contributed by atoms with E-state index in [1.165, 1.54) is 18.2 Å². The SMILES string of the molecule is O=C(CSc1ccc(Cl)cc1)N(CCCO)C1CCC1. The predicted molar refractivity (Wildman–Crippen MR) is 83.2 cm³/mol.